The molecular weight excluding hydrogens is 297 g/mol. The molecule has 0 spiro atoms. The molecule has 2 nitrogen and oxygen atoms in total. The van der Waals surface area contributed by atoms with E-state index in [1.165, 1.54) is 23.8 Å². The quantitative estimate of drug-likeness (QED) is 0.888. The molecule has 3 rings (SSSR count). The van der Waals surface area contributed by atoms with E-state index in [2.05, 4.69) is 4.98 Å². The van der Waals surface area contributed by atoms with Crippen LogP contribution in [-0.2, 0) is 11.6 Å². The summed E-state index contributed by atoms with van der Waals surface area (Å²) in [5.74, 6) is 0. The van der Waals surface area contributed by atoms with E-state index in [1.807, 2.05) is 0 Å². The minimum absolute atomic E-state index is 0.139. The summed E-state index contributed by atoms with van der Waals surface area (Å²) in [4.78, 5) is 4.49. The number of nitrogens with zero attached hydrogens (tertiary/aromatic N) is 1. The van der Waals surface area contributed by atoms with Crippen LogP contribution in [0.3, 0.4) is 0 Å². The van der Waals surface area contributed by atoms with Gasteiger partial charge < -0.3 is 5.73 Å². The Morgan fingerprint density at radius 1 is 1.19 bits per heavy atom. The maximum Gasteiger partial charge on any atom is 0.416 e. The average molecular weight is 314 g/mol. The average Bonchev–Trinajstić information content (AvgIpc) is 2.90. The summed E-state index contributed by atoms with van der Waals surface area (Å²) in [7, 11) is 0. The molecular formula is C15H17F3N2S. The Kier molecular flexibility index (Phi) is 3.69. The number of thiazole rings is 1. The summed E-state index contributed by atoms with van der Waals surface area (Å²) in [6.45, 7) is 0.513. The smallest absolute Gasteiger partial charge is 0.329 e. The van der Waals surface area contributed by atoms with E-state index in [4.69, 9.17) is 5.73 Å². The molecule has 114 valence electrons. The van der Waals surface area contributed by atoms with E-state index in [-0.39, 0.29) is 5.41 Å². The van der Waals surface area contributed by atoms with Gasteiger partial charge in [0.25, 0.3) is 0 Å². The van der Waals surface area contributed by atoms with Crippen LogP contribution >= 0.6 is 11.3 Å². The number of nitrogens with two attached hydrogens (primary N) is 1. The Bertz CT molecular complexity index is 642. The summed E-state index contributed by atoms with van der Waals surface area (Å²) >= 11 is 1.49. The third kappa shape index (κ3) is 2.66. The molecule has 0 bridgehead atoms. The second-order valence-electron chi connectivity index (χ2n) is 5.74. The summed E-state index contributed by atoms with van der Waals surface area (Å²) < 4.78 is 39.1. The highest BCUT2D eigenvalue weighted by molar-refractivity contribution is 7.18. The maximum absolute atomic E-state index is 12.8. The van der Waals surface area contributed by atoms with Gasteiger partial charge in [0.15, 0.2) is 0 Å². The SMILES string of the molecule is NCC1(c2nc3cc(C(F)(F)F)ccc3s2)CCCCC1. The molecule has 2 N–H and O–H groups in total. The van der Waals surface area contributed by atoms with Gasteiger partial charge in [0.1, 0.15) is 5.01 Å². The van der Waals surface area contributed by atoms with E-state index in [0.29, 0.717) is 12.1 Å². The molecule has 0 atom stereocenters. The van der Waals surface area contributed by atoms with Crippen LogP contribution in [0.2, 0.25) is 0 Å². The Morgan fingerprint density at radius 3 is 2.52 bits per heavy atom. The van der Waals surface area contributed by atoms with Crippen molar-refractivity contribution in [2.24, 2.45) is 5.73 Å². The lowest BCUT2D eigenvalue weighted by Gasteiger charge is -2.34. The summed E-state index contributed by atoms with van der Waals surface area (Å²) in [5.41, 5.74) is 5.63. The van der Waals surface area contributed by atoms with Crippen molar-refractivity contribution >= 4 is 21.6 Å². The molecule has 21 heavy (non-hydrogen) atoms. The van der Waals surface area contributed by atoms with Gasteiger partial charge in [-0.15, -0.1) is 11.3 Å². The molecule has 1 aliphatic rings. The fraction of sp³-hybridized carbons (Fsp3) is 0.533. The minimum atomic E-state index is -4.33. The summed E-state index contributed by atoms with van der Waals surface area (Å²) in [6.07, 6.45) is 1.06. The van der Waals surface area contributed by atoms with Gasteiger partial charge in [-0.3, -0.25) is 0 Å². The zero-order chi connectivity index (χ0) is 15.1. The molecule has 1 saturated carbocycles. The van der Waals surface area contributed by atoms with Gasteiger partial charge in [0, 0.05) is 12.0 Å². The van der Waals surface area contributed by atoms with Crippen LogP contribution in [0.1, 0.15) is 42.7 Å². The largest absolute Gasteiger partial charge is 0.416 e. The molecule has 1 aromatic heterocycles. The Hall–Kier alpha value is -1.14. The lowest BCUT2D eigenvalue weighted by molar-refractivity contribution is -0.137. The number of alkyl halides is 3. The molecule has 0 amide bonds. The molecule has 1 heterocycles. The number of hydrogen-bond donors (Lipinski definition) is 1. The standard InChI is InChI=1S/C15H17F3N2S/c16-15(17,18)10-4-5-12-11(8-10)20-13(21-12)14(9-19)6-2-1-3-7-14/h4-5,8H,1-3,6-7,9,19H2. The second kappa shape index (κ2) is 5.25. The number of halogens is 3. The van der Waals surface area contributed by atoms with E-state index in [9.17, 15) is 13.2 Å². The Labute approximate surface area is 125 Å². The molecule has 0 radical (unpaired) electrons. The van der Waals surface area contributed by atoms with Gasteiger partial charge >= 0.3 is 6.18 Å². The fourth-order valence-corrected chi connectivity index (χ4v) is 4.27. The number of benzene rings is 1. The Morgan fingerprint density at radius 2 is 1.90 bits per heavy atom. The topological polar surface area (TPSA) is 38.9 Å². The molecule has 1 aromatic carbocycles. The van der Waals surface area contributed by atoms with Crippen LogP contribution in [0, 0.1) is 0 Å². The predicted octanol–water partition coefficient (Wildman–Crippen LogP) is 4.48. The maximum atomic E-state index is 12.8. The van der Waals surface area contributed by atoms with Crippen molar-refractivity contribution in [2.75, 3.05) is 6.54 Å². The van der Waals surface area contributed by atoms with Crippen molar-refractivity contribution in [3.63, 3.8) is 0 Å². The number of rotatable bonds is 2. The summed E-state index contributed by atoms with van der Waals surface area (Å²) in [5, 5.41) is 0.902. The first-order chi connectivity index (χ1) is 9.94. The molecule has 2 aromatic rings. The van der Waals surface area contributed by atoms with Crippen molar-refractivity contribution in [2.45, 2.75) is 43.7 Å². The molecule has 6 heteroatoms. The molecule has 1 aliphatic carbocycles. The van der Waals surface area contributed by atoms with Gasteiger partial charge in [-0.25, -0.2) is 4.98 Å². The van der Waals surface area contributed by atoms with E-state index < -0.39 is 11.7 Å². The highest BCUT2D eigenvalue weighted by Gasteiger charge is 2.36. The highest BCUT2D eigenvalue weighted by Crippen LogP contribution is 2.42. The van der Waals surface area contributed by atoms with Gasteiger partial charge in [0.05, 0.1) is 15.8 Å². The monoisotopic (exact) mass is 314 g/mol. The summed E-state index contributed by atoms with van der Waals surface area (Å²) in [6, 6.07) is 3.79. The van der Waals surface area contributed by atoms with E-state index in [0.717, 1.165) is 47.5 Å². The molecule has 0 unspecified atom stereocenters. The van der Waals surface area contributed by atoms with E-state index in [1.54, 1.807) is 0 Å². The van der Waals surface area contributed by atoms with Gasteiger partial charge in [-0.1, -0.05) is 19.3 Å². The van der Waals surface area contributed by atoms with E-state index >= 15 is 0 Å². The van der Waals surface area contributed by atoms with Gasteiger partial charge in [-0.2, -0.15) is 13.2 Å². The van der Waals surface area contributed by atoms with Crippen LogP contribution in [-0.4, -0.2) is 11.5 Å². The highest BCUT2D eigenvalue weighted by atomic mass is 32.1. The second-order valence-corrected chi connectivity index (χ2v) is 6.78. The lowest BCUT2D eigenvalue weighted by Crippen LogP contribution is -2.36. The number of fused-ring (bicyclic) bond motifs is 1. The molecule has 0 aliphatic heterocycles. The van der Waals surface area contributed by atoms with Crippen LogP contribution in [0.5, 0.6) is 0 Å². The van der Waals surface area contributed by atoms with Crippen molar-refractivity contribution in [1.29, 1.82) is 0 Å². The molecule has 1 fully saturated rings. The first-order valence-corrected chi connectivity index (χ1v) is 7.95. The third-order valence-corrected chi connectivity index (χ3v) is 5.65. The van der Waals surface area contributed by atoms with Crippen molar-refractivity contribution < 1.29 is 13.2 Å². The minimum Gasteiger partial charge on any atom is -0.329 e. The first kappa shape index (κ1) is 14.8. The third-order valence-electron chi connectivity index (χ3n) is 4.37. The lowest BCUT2D eigenvalue weighted by atomic mass is 9.74. The van der Waals surface area contributed by atoms with Crippen LogP contribution in [0.15, 0.2) is 18.2 Å². The zero-order valence-corrected chi connectivity index (χ0v) is 12.4. The van der Waals surface area contributed by atoms with Crippen LogP contribution < -0.4 is 5.73 Å². The normalized spacial score (nSPS) is 19.0. The fourth-order valence-electron chi connectivity index (χ4n) is 3.06. The zero-order valence-electron chi connectivity index (χ0n) is 11.5. The van der Waals surface area contributed by atoms with Crippen molar-refractivity contribution in [3.05, 3.63) is 28.8 Å². The van der Waals surface area contributed by atoms with Gasteiger partial charge in [0.2, 0.25) is 0 Å². The number of aromatic nitrogens is 1. The van der Waals surface area contributed by atoms with Crippen LogP contribution in [0.4, 0.5) is 13.2 Å². The van der Waals surface area contributed by atoms with Gasteiger partial charge in [-0.05, 0) is 31.0 Å². The van der Waals surface area contributed by atoms with Crippen molar-refractivity contribution in [3.8, 4) is 0 Å². The van der Waals surface area contributed by atoms with Crippen LogP contribution in [0.25, 0.3) is 10.2 Å². The van der Waals surface area contributed by atoms with Crippen molar-refractivity contribution in [1.82, 2.24) is 4.98 Å². The number of hydrogen-bond acceptors (Lipinski definition) is 3. The Balaban J connectivity index is 2.04. The predicted molar refractivity (Wildman–Crippen MR) is 78.4 cm³/mol. The molecule has 0 saturated heterocycles. The first-order valence-electron chi connectivity index (χ1n) is 7.13.